The Balaban J connectivity index is 1.79. The van der Waals surface area contributed by atoms with Crippen molar-refractivity contribution in [1.82, 2.24) is 14.7 Å². The van der Waals surface area contributed by atoms with E-state index in [1.807, 2.05) is 4.90 Å². The number of hydrogen-bond acceptors (Lipinski definition) is 4. The van der Waals surface area contributed by atoms with Gasteiger partial charge in [-0.2, -0.15) is 5.10 Å². The molecule has 1 aromatic heterocycles. The molecule has 1 saturated heterocycles. The molecule has 0 radical (unpaired) electrons. The minimum atomic E-state index is -0.498. The maximum absolute atomic E-state index is 12.1. The van der Waals surface area contributed by atoms with E-state index in [0.29, 0.717) is 12.5 Å². The van der Waals surface area contributed by atoms with Crippen LogP contribution in [0.3, 0.4) is 0 Å². The van der Waals surface area contributed by atoms with Gasteiger partial charge in [0.1, 0.15) is 18.4 Å². The summed E-state index contributed by atoms with van der Waals surface area (Å²) in [4.78, 5) is 24.0. The Hall–Kier alpha value is -1.92. The van der Waals surface area contributed by atoms with Crippen molar-refractivity contribution in [3.63, 3.8) is 0 Å². The fourth-order valence-electron chi connectivity index (χ4n) is 2.27. The Morgan fingerprint density at radius 3 is 2.76 bits per heavy atom. The zero-order chi connectivity index (χ0) is 12.0. The molecule has 0 aromatic carbocycles. The van der Waals surface area contributed by atoms with Gasteiger partial charge in [0.05, 0.1) is 4.92 Å². The van der Waals surface area contributed by atoms with Crippen molar-refractivity contribution in [3.05, 3.63) is 22.5 Å². The smallest absolute Gasteiger partial charge is 0.307 e. The van der Waals surface area contributed by atoms with Crippen molar-refractivity contribution in [2.24, 2.45) is 0 Å². The predicted octanol–water partition coefficient (Wildman–Crippen LogP) is 0.727. The highest BCUT2D eigenvalue weighted by Gasteiger charge is 2.41. The number of likely N-dealkylation sites (tertiary alicyclic amines) is 1. The first kappa shape index (κ1) is 10.2. The summed E-state index contributed by atoms with van der Waals surface area (Å²) in [6, 6.07) is 0.0438. The molecule has 90 valence electrons. The van der Waals surface area contributed by atoms with Gasteiger partial charge in [0.25, 0.3) is 0 Å². The van der Waals surface area contributed by atoms with Crippen LogP contribution in [0.5, 0.6) is 0 Å². The van der Waals surface area contributed by atoms with Crippen LogP contribution in [0, 0.1) is 10.1 Å². The highest BCUT2D eigenvalue weighted by molar-refractivity contribution is 5.83. The number of nitrogens with zero attached hydrogens (tertiary/aromatic N) is 4. The standard InChI is InChI=1S/C10H12N4O3/c15-10-9(3-4-12(10)7-1-2-7)13-6-8(5-11-13)14(16)17/h5-7,9H,1-4H2/t9-/m0/s1. The number of aromatic nitrogens is 2. The summed E-state index contributed by atoms with van der Waals surface area (Å²) in [5.74, 6) is 0.0468. The average Bonchev–Trinajstić information content (AvgIpc) is 2.88. The number of amides is 1. The van der Waals surface area contributed by atoms with Gasteiger partial charge in [-0.25, -0.2) is 0 Å². The fraction of sp³-hybridized carbons (Fsp3) is 0.600. The van der Waals surface area contributed by atoms with Gasteiger partial charge in [-0.3, -0.25) is 19.6 Å². The van der Waals surface area contributed by atoms with Crippen molar-refractivity contribution in [1.29, 1.82) is 0 Å². The quantitative estimate of drug-likeness (QED) is 0.572. The van der Waals surface area contributed by atoms with Crippen LogP contribution in [0.4, 0.5) is 5.69 Å². The van der Waals surface area contributed by atoms with Crippen LogP contribution in [-0.2, 0) is 4.79 Å². The van der Waals surface area contributed by atoms with Gasteiger partial charge < -0.3 is 4.90 Å². The molecule has 0 spiro atoms. The van der Waals surface area contributed by atoms with Crippen LogP contribution in [0.2, 0.25) is 0 Å². The molecule has 0 N–H and O–H groups in total. The van der Waals surface area contributed by atoms with Gasteiger partial charge >= 0.3 is 5.69 Å². The monoisotopic (exact) mass is 236 g/mol. The van der Waals surface area contributed by atoms with E-state index in [2.05, 4.69) is 5.10 Å². The molecule has 17 heavy (non-hydrogen) atoms. The van der Waals surface area contributed by atoms with E-state index in [-0.39, 0.29) is 17.6 Å². The van der Waals surface area contributed by atoms with Crippen molar-refractivity contribution >= 4 is 11.6 Å². The average molecular weight is 236 g/mol. The van der Waals surface area contributed by atoms with Crippen LogP contribution in [-0.4, -0.2) is 38.1 Å². The second kappa shape index (κ2) is 3.54. The number of rotatable bonds is 3. The number of nitro groups is 1. The highest BCUT2D eigenvalue weighted by atomic mass is 16.6. The lowest BCUT2D eigenvalue weighted by molar-refractivity contribution is -0.385. The van der Waals surface area contributed by atoms with Crippen LogP contribution in [0.25, 0.3) is 0 Å². The molecule has 1 saturated carbocycles. The van der Waals surface area contributed by atoms with Crippen molar-refractivity contribution < 1.29 is 9.72 Å². The van der Waals surface area contributed by atoms with Crippen LogP contribution in [0.15, 0.2) is 12.4 Å². The van der Waals surface area contributed by atoms with Gasteiger partial charge in [0.15, 0.2) is 0 Å². The molecule has 2 fully saturated rings. The SMILES string of the molecule is O=C1[C@@H](n2cc([N+](=O)[O-])cn2)CCN1C1CC1. The van der Waals surface area contributed by atoms with E-state index in [9.17, 15) is 14.9 Å². The maximum Gasteiger partial charge on any atom is 0.307 e. The maximum atomic E-state index is 12.1. The molecule has 1 amide bonds. The van der Waals surface area contributed by atoms with Gasteiger partial charge in [-0.15, -0.1) is 0 Å². The van der Waals surface area contributed by atoms with E-state index >= 15 is 0 Å². The zero-order valence-electron chi connectivity index (χ0n) is 9.15. The molecule has 3 rings (SSSR count). The van der Waals surface area contributed by atoms with Crippen molar-refractivity contribution in [2.75, 3.05) is 6.54 Å². The van der Waals surface area contributed by atoms with Crippen LogP contribution < -0.4 is 0 Å². The molecule has 2 aliphatic rings. The van der Waals surface area contributed by atoms with E-state index in [1.54, 1.807) is 0 Å². The Labute approximate surface area is 97.2 Å². The zero-order valence-corrected chi connectivity index (χ0v) is 9.15. The minimum Gasteiger partial charge on any atom is -0.338 e. The molecule has 0 bridgehead atoms. The fourth-order valence-corrected chi connectivity index (χ4v) is 2.27. The van der Waals surface area contributed by atoms with Crippen LogP contribution in [0.1, 0.15) is 25.3 Å². The molecular weight excluding hydrogens is 224 g/mol. The van der Waals surface area contributed by atoms with Gasteiger partial charge in [0, 0.05) is 12.6 Å². The third-order valence-electron chi connectivity index (χ3n) is 3.32. The Morgan fingerprint density at radius 2 is 2.18 bits per heavy atom. The van der Waals surface area contributed by atoms with E-state index < -0.39 is 4.92 Å². The lowest BCUT2D eigenvalue weighted by Crippen LogP contribution is -2.30. The summed E-state index contributed by atoms with van der Waals surface area (Å²) in [5.41, 5.74) is -0.0670. The van der Waals surface area contributed by atoms with Crippen molar-refractivity contribution in [3.8, 4) is 0 Å². The Bertz CT molecular complexity index is 480. The molecule has 1 aromatic rings. The number of hydrogen-bond donors (Lipinski definition) is 0. The summed E-state index contributed by atoms with van der Waals surface area (Å²) < 4.78 is 1.42. The number of carbonyl (C=O) groups excluding carboxylic acids is 1. The summed E-state index contributed by atoms with van der Waals surface area (Å²) in [7, 11) is 0. The minimum absolute atomic E-state index is 0.0468. The highest BCUT2D eigenvalue weighted by Crippen LogP contribution is 2.34. The summed E-state index contributed by atoms with van der Waals surface area (Å²) >= 11 is 0. The first-order chi connectivity index (χ1) is 8.16. The van der Waals surface area contributed by atoms with Gasteiger partial charge in [-0.1, -0.05) is 0 Å². The third kappa shape index (κ3) is 1.67. The molecule has 7 nitrogen and oxygen atoms in total. The van der Waals surface area contributed by atoms with Crippen LogP contribution >= 0.6 is 0 Å². The molecule has 1 aliphatic heterocycles. The topological polar surface area (TPSA) is 81.3 Å². The summed E-state index contributed by atoms with van der Waals surface area (Å²) in [5, 5.41) is 14.5. The molecule has 7 heteroatoms. The lowest BCUT2D eigenvalue weighted by Gasteiger charge is -2.15. The molecule has 1 atom stereocenters. The Morgan fingerprint density at radius 1 is 1.41 bits per heavy atom. The van der Waals surface area contributed by atoms with Gasteiger partial charge in [0.2, 0.25) is 5.91 Å². The predicted molar refractivity (Wildman–Crippen MR) is 57.3 cm³/mol. The largest absolute Gasteiger partial charge is 0.338 e. The first-order valence-corrected chi connectivity index (χ1v) is 5.66. The van der Waals surface area contributed by atoms with Crippen molar-refractivity contribution in [2.45, 2.75) is 31.3 Å². The second-order valence-corrected chi connectivity index (χ2v) is 4.50. The first-order valence-electron chi connectivity index (χ1n) is 5.66. The third-order valence-corrected chi connectivity index (χ3v) is 3.32. The molecule has 1 aliphatic carbocycles. The molecule has 0 unspecified atom stereocenters. The lowest BCUT2D eigenvalue weighted by atomic mass is 10.2. The molecular formula is C10H12N4O3. The van der Waals surface area contributed by atoms with E-state index in [0.717, 1.165) is 19.4 Å². The number of carbonyl (C=O) groups is 1. The summed E-state index contributed by atoms with van der Waals surface area (Å²) in [6.45, 7) is 0.738. The van der Waals surface area contributed by atoms with Gasteiger partial charge in [-0.05, 0) is 19.3 Å². The summed E-state index contributed by atoms with van der Waals surface area (Å²) in [6.07, 6.45) is 5.37. The second-order valence-electron chi connectivity index (χ2n) is 4.50. The molecule has 2 heterocycles. The van der Waals surface area contributed by atoms with E-state index in [1.165, 1.54) is 17.1 Å². The van der Waals surface area contributed by atoms with E-state index in [4.69, 9.17) is 0 Å². The Kier molecular flexibility index (Phi) is 2.13. The normalized spacial score (nSPS) is 24.4.